The van der Waals surface area contributed by atoms with Crippen molar-refractivity contribution in [3.05, 3.63) is 24.0 Å². The number of rotatable bonds is 11. The molecule has 0 radical (unpaired) electrons. The van der Waals surface area contributed by atoms with E-state index in [1.165, 1.54) is 12.3 Å². The lowest BCUT2D eigenvalue weighted by molar-refractivity contribution is -0.450. The topological polar surface area (TPSA) is 187 Å². The Hall–Kier alpha value is -1.71. The Morgan fingerprint density at radius 2 is 1.85 bits per heavy atom. The highest BCUT2D eigenvalue weighted by molar-refractivity contribution is 7.48. The molecule has 0 aromatic carbocycles. The van der Waals surface area contributed by atoms with E-state index in [4.69, 9.17) is 27.8 Å². The van der Waals surface area contributed by atoms with Crippen molar-refractivity contribution in [2.45, 2.75) is 102 Å². The molecule has 3 heterocycles. The van der Waals surface area contributed by atoms with E-state index < -0.39 is 74.3 Å². The number of aromatic nitrogens is 1. The van der Waals surface area contributed by atoms with Crippen LogP contribution in [0.2, 0.25) is 0 Å². The Morgan fingerprint density at radius 3 is 2.44 bits per heavy atom. The number of nitrogens with zero attached hydrogens (tertiary/aromatic N) is 1. The van der Waals surface area contributed by atoms with Gasteiger partial charge in [-0.1, -0.05) is 6.92 Å². The number of pyridine rings is 1. The van der Waals surface area contributed by atoms with Crippen molar-refractivity contribution in [3.8, 4) is 5.75 Å². The van der Waals surface area contributed by atoms with E-state index >= 15 is 0 Å². The molecule has 232 valence electrons. The fourth-order valence-electron chi connectivity index (χ4n) is 5.76. The van der Waals surface area contributed by atoms with Gasteiger partial charge in [0.15, 0.2) is 0 Å². The zero-order chi connectivity index (χ0) is 29.9. The van der Waals surface area contributed by atoms with Crippen molar-refractivity contribution in [3.63, 3.8) is 0 Å². The monoisotopic (exact) mass is 603 g/mol. The van der Waals surface area contributed by atoms with Gasteiger partial charge in [0, 0.05) is 11.6 Å². The molecule has 41 heavy (non-hydrogen) atoms. The molecule has 3 aliphatic rings. The van der Waals surface area contributed by atoms with Crippen molar-refractivity contribution in [2.24, 2.45) is 5.92 Å². The van der Waals surface area contributed by atoms with Crippen molar-refractivity contribution >= 4 is 13.7 Å². The van der Waals surface area contributed by atoms with Gasteiger partial charge in [0.2, 0.25) is 18.0 Å². The minimum atomic E-state index is -3.79. The summed E-state index contributed by atoms with van der Waals surface area (Å²) in [6.07, 6.45) is -3.54. The van der Waals surface area contributed by atoms with Crippen LogP contribution in [0.4, 0.5) is 0 Å². The summed E-state index contributed by atoms with van der Waals surface area (Å²) in [6, 6.07) is 1.48. The third-order valence-electron chi connectivity index (χ3n) is 7.70. The van der Waals surface area contributed by atoms with E-state index in [2.05, 4.69) is 15.6 Å². The van der Waals surface area contributed by atoms with Crippen molar-refractivity contribution in [1.29, 1.82) is 0 Å². The second-order valence-corrected chi connectivity index (χ2v) is 12.1. The molecule has 0 bridgehead atoms. The van der Waals surface area contributed by atoms with Crippen LogP contribution < -0.4 is 15.2 Å². The average molecular weight is 604 g/mol. The molecule has 4 rings (SSSR count). The first-order chi connectivity index (χ1) is 19.5. The van der Waals surface area contributed by atoms with Crippen LogP contribution >= 0.6 is 7.82 Å². The predicted molar refractivity (Wildman–Crippen MR) is 144 cm³/mol. The molecule has 0 unspecified atom stereocenters. The second-order valence-electron chi connectivity index (χ2n) is 10.5. The van der Waals surface area contributed by atoms with Gasteiger partial charge < -0.3 is 44.7 Å². The lowest BCUT2D eigenvalue weighted by Crippen LogP contribution is -2.77. The molecule has 5 N–H and O–H groups in total. The first-order valence-corrected chi connectivity index (χ1v) is 15.5. The molecule has 10 atom stereocenters. The molecular weight excluding hydrogens is 561 g/mol. The van der Waals surface area contributed by atoms with Crippen LogP contribution in [0.3, 0.4) is 0 Å². The third-order valence-corrected chi connectivity index (χ3v) is 9.28. The van der Waals surface area contributed by atoms with Gasteiger partial charge in [0.1, 0.15) is 18.0 Å². The van der Waals surface area contributed by atoms with E-state index in [1.54, 1.807) is 33.9 Å². The smallest absolute Gasteiger partial charge is 0.402 e. The summed E-state index contributed by atoms with van der Waals surface area (Å²) < 4.78 is 46.3. The molecule has 1 aliphatic carbocycles. The minimum Gasteiger partial charge on any atom is -0.402 e. The summed E-state index contributed by atoms with van der Waals surface area (Å²) in [5, 5.41) is 39.4. The van der Waals surface area contributed by atoms with E-state index in [0.717, 1.165) is 0 Å². The SMILES string of the molecule is CCOP(=O)(OCC)Oc1ccc(CC(=O)N[C@@H]2C[C@@H](C)O[C@H]3O[C@@H]4[C@@H](O)[C@H](CC)[C@H](O)[C@H](NC)[C@H]4O[C@]32O)nc1. The molecule has 2 saturated heterocycles. The second kappa shape index (κ2) is 13.3. The van der Waals surface area contributed by atoms with Gasteiger partial charge in [-0.25, -0.2) is 4.57 Å². The molecule has 1 amide bonds. The Morgan fingerprint density at radius 1 is 1.15 bits per heavy atom. The summed E-state index contributed by atoms with van der Waals surface area (Å²) in [7, 11) is -2.13. The van der Waals surface area contributed by atoms with Crippen molar-refractivity contribution in [2.75, 3.05) is 20.3 Å². The van der Waals surface area contributed by atoms with E-state index in [9.17, 15) is 24.7 Å². The number of phosphoric acid groups is 1. The Bertz CT molecular complexity index is 1070. The number of fused-ring (bicyclic) bond motifs is 2. The predicted octanol–water partition coefficient (Wildman–Crippen LogP) is 0.626. The normalized spacial score (nSPS) is 37.1. The number of likely N-dealkylation sites (N-methyl/N-ethyl adjacent to an activating group) is 1. The number of hydrogen-bond acceptors (Lipinski definition) is 13. The molecule has 0 spiro atoms. The van der Waals surface area contributed by atoms with Gasteiger partial charge in [-0.3, -0.25) is 18.8 Å². The van der Waals surface area contributed by atoms with Crippen LogP contribution in [0.25, 0.3) is 0 Å². The number of aliphatic hydroxyl groups is 3. The van der Waals surface area contributed by atoms with Crippen molar-refractivity contribution < 1.29 is 52.5 Å². The Labute approximate surface area is 239 Å². The summed E-state index contributed by atoms with van der Waals surface area (Å²) in [5.74, 6) is -2.84. The molecule has 1 aromatic rings. The van der Waals surface area contributed by atoms with Gasteiger partial charge in [0.25, 0.3) is 0 Å². The van der Waals surface area contributed by atoms with Crippen LogP contribution in [0, 0.1) is 5.92 Å². The molecule has 1 aromatic heterocycles. The summed E-state index contributed by atoms with van der Waals surface area (Å²) >= 11 is 0. The number of amides is 1. The van der Waals surface area contributed by atoms with Crippen LogP contribution in [-0.4, -0.2) is 101 Å². The zero-order valence-electron chi connectivity index (χ0n) is 24.0. The van der Waals surface area contributed by atoms with Crippen LogP contribution in [0.5, 0.6) is 5.75 Å². The van der Waals surface area contributed by atoms with E-state index in [1.807, 2.05) is 6.92 Å². The summed E-state index contributed by atoms with van der Waals surface area (Å²) in [6.45, 7) is 7.24. The Balaban J connectivity index is 1.45. The summed E-state index contributed by atoms with van der Waals surface area (Å²) in [5.41, 5.74) is 0.390. The molecular formula is C26H42N3O11P. The highest BCUT2D eigenvalue weighted by atomic mass is 31.2. The molecule has 2 aliphatic heterocycles. The number of carbonyl (C=O) groups excluding carboxylic acids is 1. The van der Waals surface area contributed by atoms with Crippen LogP contribution in [-0.2, 0) is 39.0 Å². The quantitative estimate of drug-likeness (QED) is 0.222. The summed E-state index contributed by atoms with van der Waals surface area (Å²) in [4.78, 5) is 17.3. The molecule has 15 heteroatoms. The molecule has 14 nitrogen and oxygen atoms in total. The highest BCUT2D eigenvalue weighted by Crippen LogP contribution is 2.49. The van der Waals surface area contributed by atoms with E-state index in [0.29, 0.717) is 12.1 Å². The highest BCUT2D eigenvalue weighted by Gasteiger charge is 2.63. The maximum atomic E-state index is 13.1. The first kappa shape index (κ1) is 32.2. The van der Waals surface area contributed by atoms with Gasteiger partial charge in [-0.05, 0) is 52.8 Å². The Kier molecular flexibility index (Phi) is 10.4. The van der Waals surface area contributed by atoms with Gasteiger partial charge in [0.05, 0.1) is 56.2 Å². The first-order valence-electron chi connectivity index (χ1n) is 14.1. The largest absolute Gasteiger partial charge is 0.530 e. The maximum absolute atomic E-state index is 13.1. The number of aliphatic hydroxyl groups excluding tert-OH is 2. The standard InChI is InChI=1S/C26H42N3O11P/c1-6-17-21(31)20(27-5)23-24(22(17)32)38-25-26(33,39-23)18(11-14(4)37-25)29-19(30)12-15-9-10-16(13-28-15)40-41(34,35-7-2)36-8-3/h9-10,13-14,17-18,20-25,27,31-33H,6-8,11-12H2,1-5H3,(H,29,30)/t14-,17-,18-,20+,21+,22+,23-,24-,25+,26+/m1/s1. The van der Waals surface area contributed by atoms with E-state index in [-0.39, 0.29) is 31.8 Å². The third kappa shape index (κ3) is 6.77. The fraction of sp³-hybridized carbons (Fsp3) is 0.769. The lowest BCUT2D eigenvalue weighted by Gasteiger charge is -2.58. The number of carbonyl (C=O) groups is 1. The lowest BCUT2D eigenvalue weighted by atomic mass is 9.74. The van der Waals surface area contributed by atoms with Crippen molar-refractivity contribution in [1.82, 2.24) is 15.6 Å². The van der Waals surface area contributed by atoms with Gasteiger partial charge in [-0.2, -0.15) is 0 Å². The zero-order valence-corrected chi connectivity index (χ0v) is 24.9. The number of nitrogens with one attached hydrogen (secondary N) is 2. The average Bonchev–Trinajstić information content (AvgIpc) is 2.90. The maximum Gasteiger partial charge on any atom is 0.530 e. The van der Waals surface area contributed by atoms with Gasteiger partial charge in [-0.15, -0.1) is 0 Å². The molecule has 1 saturated carbocycles. The van der Waals surface area contributed by atoms with Crippen LogP contribution in [0.1, 0.15) is 46.2 Å². The van der Waals surface area contributed by atoms with Crippen LogP contribution in [0.15, 0.2) is 18.3 Å². The number of hydrogen-bond donors (Lipinski definition) is 5. The molecule has 3 fully saturated rings. The fourth-order valence-corrected chi connectivity index (χ4v) is 6.93. The minimum absolute atomic E-state index is 0.132. The number of phosphoric ester groups is 1. The number of ether oxygens (including phenoxy) is 3. The van der Waals surface area contributed by atoms with Gasteiger partial charge >= 0.3 is 7.82 Å².